The molecule has 310 valence electrons. The van der Waals surface area contributed by atoms with Gasteiger partial charge in [-0.05, 0) is 0 Å². The van der Waals surface area contributed by atoms with Crippen molar-refractivity contribution in [3.05, 3.63) is 11.9 Å². The van der Waals surface area contributed by atoms with Crippen molar-refractivity contribution >= 4 is 12.4 Å². The van der Waals surface area contributed by atoms with E-state index >= 15 is 0 Å². The van der Waals surface area contributed by atoms with Gasteiger partial charge in [0.15, 0.2) is 18.9 Å². The first-order chi connectivity index (χ1) is 25.8. The Kier molecular flexibility index (Phi) is 17.2. The van der Waals surface area contributed by atoms with Gasteiger partial charge in [-0.15, -0.1) is 5.10 Å². The van der Waals surface area contributed by atoms with E-state index in [1.807, 2.05) is 0 Å². The number of aliphatic hydroxyl groups excluding tert-OH is 10. The number of aliphatic hydroxyl groups is 10. The Morgan fingerprint density at radius 1 is 0.981 bits per heavy atom. The van der Waals surface area contributed by atoms with E-state index in [2.05, 4.69) is 15.6 Å². The summed E-state index contributed by atoms with van der Waals surface area (Å²) in [4.78, 5) is 21.8. The predicted octanol–water partition coefficient (Wildman–Crippen LogP) is -7.82. The molecule has 3 aliphatic rings. The van der Waals surface area contributed by atoms with Crippen molar-refractivity contribution in [1.82, 2.24) is 20.3 Å². The molecule has 24 nitrogen and oxygen atoms in total. The summed E-state index contributed by atoms with van der Waals surface area (Å²) in [6.45, 7) is -0.643. The van der Waals surface area contributed by atoms with E-state index in [4.69, 9.17) is 37.9 Å². The number of ether oxygens (including phenoxy) is 8. The lowest BCUT2D eigenvalue weighted by atomic mass is 9.94. The zero-order valence-electron chi connectivity index (χ0n) is 29.2. The van der Waals surface area contributed by atoms with Gasteiger partial charge in [0.2, 0.25) is 6.29 Å². The van der Waals surface area contributed by atoms with Gasteiger partial charge in [0.05, 0.1) is 63.4 Å². The van der Waals surface area contributed by atoms with Crippen molar-refractivity contribution in [3.8, 4) is 0 Å². The number of rotatable bonds is 20. The van der Waals surface area contributed by atoms with Gasteiger partial charge in [-0.1, -0.05) is 5.21 Å². The molecule has 1 aromatic rings. The van der Waals surface area contributed by atoms with Crippen LogP contribution in [0.15, 0.2) is 6.20 Å². The molecule has 3 fully saturated rings. The second kappa shape index (κ2) is 21.1. The van der Waals surface area contributed by atoms with E-state index in [0.29, 0.717) is 25.2 Å². The van der Waals surface area contributed by atoms with Crippen LogP contribution in [0.1, 0.15) is 12.6 Å². The second-order valence-corrected chi connectivity index (χ2v) is 12.8. The largest absolute Gasteiger partial charge is 0.465 e. The lowest BCUT2D eigenvalue weighted by Crippen LogP contribution is -2.63. The van der Waals surface area contributed by atoms with Crippen LogP contribution in [0.4, 0.5) is 0 Å². The van der Waals surface area contributed by atoms with Crippen LogP contribution in [0, 0.1) is 5.92 Å². The zero-order valence-corrected chi connectivity index (χ0v) is 29.2. The summed E-state index contributed by atoms with van der Waals surface area (Å²) in [6, 6.07) is 0. The first-order valence-corrected chi connectivity index (χ1v) is 17.1. The van der Waals surface area contributed by atoms with Crippen LogP contribution in [-0.2, 0) is 60.4 Å². The van der Waals surface area contributed by atoms with E-state index < -0.39 is 131 Å². The topological polar surface area (TPSA) is 353 Å². The first kappa shape index (κ1) is 44.1. The Morgan fingerprint density at radius 3 is 2.39 bits per heavy atom. The number of carbonyl (C=O) groups is 2. The van der Waals surface area contributed by atoms with E-state index in [-0.39, 0.29) is 19.6 Å². The molecule has 0 saturated carbocycles. The highest BCUT2D eigenvalue weighted by Crippen LogP contribution is 2.32. The molecule has 24 heteroatoms. The highest BCUT2D eigenvalue weighted by molar-refractivity contribution is 5.65. The van der Waals surface area contributed by atoms with Crippen LogP contribution in [0.3, 0.4) is 0 Å². The van der Waals surface area contributed by atoms with Crippen molar-refractivity contribution < 1.29 is 98.5 Å². The number of hydrogen-bond donors (Lipinski definition) is 11. The first-order valence-electron chi connectivity index (χ1n) is 17.1. The minimum absolute atomic E-state index is 0.0168. The summed E-state index contributed by atoms with van der Waals surface area (Å²) in [5, 5.41) is 115. The maximum absolute atomic E-state index is 10.9. The minimum atomic E-state index is -1.87. The van der Waals surface area contributed by atoms with Crippen molar-refractivity contribution in [3.63, 3.8) is 0 Å². The SMILES string of the molecule is CC(=O)OCCc1cn(CCNCC(O)C(O)C(CO)O[C@@H]2OC[C@@H](O[C@@H]3OC[C@@H](O)C(O)C3O[C@H]3OC(OC=O)[C@@H](CO)[C@H](O)C3O)[C@@H](O)C2O)nn1. The fraction of sp³-hybridized carbons (Fsp3) is 0.867. The lowest BCUT2D eigenvalue weighted by Gasteiger charge is -2.46. The molecule has 3 aliphatic heterocycles. The molecule has 3 saturated heterocycles. The molecule has 11 N–H and O–H groups in total. The number of hydrogen-bond acceptors (Lipinski definition) is 23. The fourth-order valence-electron chi connectivity index (χ4n) is 5.82. The van der Waals surface area contributed by atoms with Crippen LogP contribution in [0.25, 0.3) is 0 Å². The molecule has 0 aliphatic carbocycles. The number of carbonyl (C=O) groups excluding carboxylic acids is 2. The van der Waals surface area contributed by atoms with E-state index in [9.17, 15) is 60.7 Å². The van der Waals surface area contributed by atoms with Crippen LogP contribution in [0.2, 0.25) is 0 Å². The molecule has 8 unspecified atom stereocenters. The van der Waals surface area contributed by atoms with Crippen molar-refractivity contribution in [1.29, 1.82) is 0 Å². The van der Waals surface area contributed by atoms with Crippen molar-refractivity contribution in [2.75, 3.05) is 46.1 Å². The Balaban J connectivity index is 1.27. The van der Waals surface area contributed by atoms with Crippen molar-refractivity contribution in [2.24, 2.45) is 5.92 Å². The molecule has 54 heavy (non-hydrogen) atoms. The average molecular weight is 787 g/mol. The van der Waals surface area contributed by atoms with Crippen LogP contribution >= 0.6 is 0 Å². The van der Waals surface area contributed by atoms with Gasteiger partial charge in [-0.25, -0.2) is 0 Å². The molecular weight excluding hydrogens is 736 g/mol. The Morgan fingerprint density at radius 2 is 1.70 bits per heavy atom. The predicted molar refractivity (Wildman–Crippen MR) is 169 cm³/mol. The van der Waals surface area contributed by atoms with E-state index in [1.165, 1.54) is 11.6 Å². The monoisotopic (exact) mass is 786 g/mol. The lowest BCUT2D eigenvalue weighted by molar-refractivity contribution is -0.384. The Bertz CT molecular complexity index is 1280. The molecule has 1 aromatic heterocycles. The van der Waals surface area contributed by atoms with E-state index in [1.54, 1.807) is 6.20 Å². The normalized spacial score (nSPS) is 36.2. The summed E-state index contributed by atoms with van der Waals surface area (Å²) >= 11 is 0. The number of aromatic nitrogens is 3. The minimum Gasteiger partial charge on any atom is -0.465 e. The van der Waals surface area contributed by atoms with Gasteiger partial charge in [0, 0.05) is 32.6 Å². The molecular formula is C30H50N4O20. The number of nitrogens with one attached hydrogen (secondary N) is 1. The molecule has 0 bridgehead atoms. The molecule has 0 amide bonds. The zero-order chi connectivity index (χ0) is 39.5. The molecule has 4 rings (SSSR count). The number of nitrogens with zero attached hydrogens (tertiary/aromatic N) is 3. The van der Waals surface area contributed by atoms with Crippen LogP contribution < -0.4 is 5.32 Å². The van der Waals surface area contributed by atoms with Gasteiger partial charge in [-0.2, -0.15) is 0 Å². The molecule has 0 spiro atoms. The Labute approximate surface area is 307 Å². The summed E-state index contributed by atoms with van der Waals surface area (Å²) in [7, 11) is 0. The quantitative estimate of drug-likeness (QED) is 0.0332. The third kappa shape index (κ3) is 11.5. The van der Waals surface area contributed by atoms with Gasteiger partial charge in [0.1, 0.15) is 54.9 Å². The van der Waals surface area contributed by atoms with Crippen molar-refractivity contribution in [2.45, 2.75) is 112 Å². The summed E-state index contributed by atoms with van der Waals surface area (Å²) in [6.07, 6.45) is -22.9. The van der Waals surface area contributed by atoms with Gasteiger partial charge in [0.25, 0.3) is 6.47 Å². The molecule has 0 aromatic carbocycles. The third-order valence-electron chi connectivity index (χ3n) is 8.94. The molecule has 16 atom stereocenters. The maximum atomic E-state index is 10.9. The highest BCUT2D eigenvalue weighted by atomic mass is 16.8. The maximum Gasteiger partial charge on any atom is 0.302 e. The van der Waals surface area contributed by atoms with Crippen LogP contribution in [-0.4, -0.2) is 217 Å². The van der Waals surface area contributed by atoms with Gasteiger partial charge < -0.3 is 94.3 Å². The van der Waals surface area contributed by atoms with Gasteiger partial charge in [-0.3, -0.25) is 14.3 Å². The summed E-state index contributed by atoms with van der Waals surface area (Å²) in [5.74, 6) is -1.66. The summed E-state index contributed by atoms with van der Waals surface area (Å²) < 4.78 is 44.3. The third-order valence-corrected chi connectivity index (χ3v) is 8.94. The van der Waals surface area contributed by atoms with Gasteiger partial charge >= 0.3 is 5.97 Å². The average Bonchev–Trinajstić information content (AvgIpc) is 3.60. The standard InChI is InChI=1S/C30H50N4O20/c1-13(38)47-5-2-14-7-34(33-32-14)4-3-31-6-16(39)21(42)18(9-36)51-28-25(46)23(44)19(11-49-28)52-30-26(22(43)17(40)10-48-30)53-29-24(45)20(41)15(8-35)27(54-29)50-12-37/h7,12,15-31,35-36,39-46H,2-6,8-11H2,1H3/t15-,16?,17+,18?,19+,20-,21?,22?,23+,24?,25?,26?,27?,28-,29-,30-/m0/s1. The van der Waals surface area contributed by atoms with Crippen LogP contribution in [0.5, 0.6) is 0 Å². The smallest absolute Gasteiger partial charge is 0.302 e. The molecule has 4 heterocycles. The second-order valence-electron chi connectivity index (χ2n) is 12.8. The fourth-order valence-corrected chi connectivity index (χ4v) is 5.82. The highest BCUT2D eigenvalue weighted by Gasteiger charge is 2.51. The Hall–Kier alpha value is -2.60. The molecule has 0 radical (unpaired) electrons. The van der Waals surface area contributed by atoms with E-state index in [0.717, 1.165) is 0 Å². The summed E-state index contributed by atoms with van der Waals surface area (Å²) in [5.41, 5.74) is 0.607. The number of esters is 1.